The van der Waals surface area contributed by atoms with Gasteiger partial charge in [0.1, 0.15) is 16.1 Å². The summed E-state index contributed by atoms with van der Waals surface area (Å²) in [6.07, 6.45) is 3.72. The molecule has 2 heterocycles. The standard InChI is InChI=1S/C22H22BrN5/c1-14-6-5-7-15(2)20(14)26-22-21(16-8-10-17(11-9-16)27(3)4)25-19-12-24-18(23)13-28(19)22/h5-13,26H,1-4H3. The Labute approximate surface area is 173 Å². The van der Waals surface area contributed by atoms with E-state index in [1.807, 2.05) is 24.7 Å². The van der Waals surface area contributed by atoms with Gasteiger partial charge in [-0.2, -0.15) is 0 Å². The van der Waals surface area contributed by atoms with Crippen LogP contribution >= 0.6 is 15.9 Å². The van der Waals surface area contributed by atoms with Crippen molar-refractivity contribution in [2.75, 3.05) is 24.3 Å². The highest BCUT2D eigenvalue weighted by atomic mass is 79.9. The van der Waals surface area contributed by atoms with Crippen molar-refractivity contribution in [3.8, 4) is 11.3 Å². The fraction of sp³-hybridized carbons (Fsp3) is 0.182. The quantitative estimate of drug-likeness (QED) is 0.453. The Morgan fingerprint density at radius 3 is 2.32 bits per heavy atom. The molecule has 0 aliphatic heterocycles. The predicted molar refractivity (Wildman–Crippen MR) is 120 cm³/mol. The van der Waals surface area contributed by atoms with E-state index in [9.17, 15) is 0 Å². The van der Waals surface area contributed by atoms with Gasteiger partial charge in [-0.25, -0.2) is 9.97 Å². The van der Waals surface area contributed by atoms with Gasteiger partial charge in [0.25, 0.3) is 0 Å². The summed E-state index contributed by atoms with van der Waals surface area (Å²) in [7, 11) is 4.08. The second kappa shape index (κ2) is 7.28. The van der Waals surface area contributed by atoms with Crippen molar-refractivity contribution in [2.45, 2.75) is 13.8 Å². The topological polar surface area (TPSA) is 45.5 Å². The van der Waals surface area contributed by atoms with Crippen molar-refractivity contribution < 1.29 is 0 Å². The van der Waals surface area contributed by atoms with Gasteiger partial charge in [0, 0.05) is 37.2 Å². The summed E-state index contributed by atoms with van der Waals surface area (Å²) < 4.78 is 2.80. The molecule has 2 aromatic carbocycles. The second-order valence-corrected chi connectivity index (χ2v) is 7.89. The Kier molecular flexibility index (Phi) is 4.81. The molecule has 5 nitrogen and oxygen atoms in total. The van der Waals surface area contributed by atoms with Crippen molar-refractivity contribution in [2.24, 2.45) is 0 Å². The lowest BCUT2D eigenvalue weighted by Crippen LogP contribution is -2.08. The van der Waals surface area contributed by atoms with E-state index in [1.165, 1.54) is 11.1 Å². The smallest absolute Gasteiger partial charge is 0.157 e. The van der Waals surface area contributed by atoms with Crippen molar-refractivity contribution in [3.63, 3.8) is 0 Å². The van der Waals surface area contributed by atoms with Gasteiger partial charge in [-0.05, 0) is 53.0 Å². The van der Waals surface area contributed by atoms with Gasteiger partial charge in [0.05, 0.1) is 6.20 Å². The number of hydrogen-bond donors (Lipinski definition) is 1. The Morgan fingerprint density at radius 1 is 1.00 bits per heavy atom. The number of halogens is 1. The van der Waals surface area contributed by atoms with Gasteiger partial charge in [-0.1, -0.05) is 30.3 Å². The third-order valence-corrected chi connectivity index (χ3v) is 5.27. The molecule has 0 saturated carbocycles. The first-order chi connectivity index (χ1) is 13.4. The Bertz CT molecular complexity index is 1130. The van der Waals surface area contributed by atoms with Crippen LogP contribution in [-0.4, -0.2) is 28.5 Å². The minimum absolute atomic E-state index is 0.761. The number of rotatable bonds is 4. The first kappa shape index (κ1) is 18.5. The van der Waals surface area contributed by atoms with E-state index in [2.05, 4.69) is 87.4 Å². The van der Waals surface area contributed by atoms with E-state index >= 15 is 0 Å². The number of imidazole rings is 1. The molecule has 6 heteroatoms. The number of benzene rings is 2. The molecule has 0 unspecified atom stereocenters. The summed E-state index contributed by atoms with van der Waals surface area (Å²) in [4.78, 5) is 11.3. The molecule has 0 aliphatic rings. The molecule has 0 spiro atoms. The van der Waals surface area contributed by atoms with Gasteiger partial charge in [0.15, 0.2) is 5.65 Å². The summed E-state index contributed by atoms with van der Waals surface area (Å²) in [5.41, 5.74) is 7.38. The van der Waals surface area contributed by atoms with E-state index in [0.717, 1.165) is 38.7 Å². The van der Waals surface area contributed by atoms with Crippen LogP contribution in [-0.2, 0) is 0 Å². The lowest BCUT2D eigenvalue weighted by molar-refractivity contribution is 1.10. The third-order valence-electron chi connectivity index (χ3n) is 4.86. The number of nitrogens with zero attached hydrogens (tertiary/aromatic N) is 4. The van der Waals surface area contributed by atoms with Crippen LogP contribution in [0.5, 0.6) is 0 Å². The summed E-state index contributed by atoms with van der Waals surface area (Å²) >= 11 is 3.48. The average Bonchev–Trinajstić information content (AvgIpc) is 3.02. The fourth-order valence-electron chi connectivity index (χ4n) is 3.30. The van der Waals surface area contributed by atoms with Gasteiger partial charge >= 0.3 is 0 Å². The number of nitrogens with one attached hydrogen (secondary N) is 1. The molecular weight excluding hydrogens is 414 g/mol. The zero-order chi connectivity index (χ0) is 19.8. The zero-order valence-electron chi connectivity index (χ0n) is 16.4. The van der Waals surface area contributed by atoms with Crippen LogP contribution in [0.25, 0.3) is 16.9 Å². The van der Waals surface area contributed by atoms with Gasteiger partial charge in [-0.3, -0.25) is 4.40 Å². The van der Waals surface area contributed by atoms with Crippen LogP contribution < -0.4 is 10.2 Å². The highest BCUT2D eigenvalue weighted by molar-refractivity contribution is 9.10. The zero-order valence-corrected chi connectivity index (χ0v) is 17.9. The predicted octanol–water partition coefficient (Wildman–Crippen LogP) is 5.59. The first-order valence-electron chi connectivity index (χ1n) is 9.08. The molecule has 0 radical (unpaired) electrons. The Morgan fingerprint density at radius 2 is 1.68 bits per heavy atom. The van der Waals surface area contributed by atoms with Crippen LogP contribution in [0.4, 0.5) is 17.2 Å². The summed E-state index contributed by atoms with van der Waals surface area (Å²) in [5.74, 6) is 0.924. The molecule has 0 aliphatic carbocycles. The molecule has 0 fully saturated rings. The molecule has 0 saturated heterocycles. The van der Waals surface area contributed by atoms with E-state index in [-0.39, 0.29) is 0 Å². The van der Waals surface area contributed by atoms with Gasteiger partial charge in [0.2, 0.25) is 0 Å². The molecule has 1 N–H and O–H groups in total. The van der Waals surface area contributed by atoms with Crippen LogP contribution in [0.15, 0.2) is 59.5 Å². The minimum Gasteiger partial charge on any atom is -0.378 e. The number of para-hydroxylation sites is 1. The van der Waals surface area contributed by atoms with E-state index in [0.29, 0.717) is 0 Å². The SMILES string of the molecule is Cc1cccc(C)c1Nc1c(-c2ccc(N(C)C)cc2)nc2cnc(Br)cn12. The van der Waals surface area contributed by atoms with Crippen molar-refractivity contribution in [1.29, 1.82) is 0 Å². The van der Waals surface area contributed by atoms with Gasteiger partial charge in [-0.15, -0.1) is 0 Å². The highest BCUT2D eigenvalue weighted by Gasteiger charge is 2.17. The summed E-state index contributed by atoms with van der Waals surface area (Å²) in [5, 5.41) is 3.64. The van der Waals surface area contributed by atoms with Gasteiger partial charge < -0.3 is 10.2 Å². The maximum atomic E-state index is 4.86. The first-order valence-corrected chi connectivity index (χ1v) is 9.88. The molecular formula is C22H22BrN5. The molecule has 2 aromatic heterocycles. The van der Waals surface area contributed by atoms with E-state index < -0.39 is 0 Å². The molecule has 28 heavy (non-hydrogen) atoms. The lowest BCUT2D eigenvalue weighted by Gasteiger charge is -2.15. The summed E-state index contributed by atoms with van der Waals surface area (Å²) in [6, 6.07) is 14.7. The Balaban J connectivity index is 1.90. The van der Waals surface area contributed by atoms with Crippen molar-refractivity contribution >= 4 is 38.8 Å². The maximum Gasteiger partial charge on any atom is 0.157 e. The normalized spacial score (nSPS) is 11.0. The fourth-order valence-corrected chi connectivity index (χ4v) is 3.61. The molecule has 0 amide bonds. The van der Waals surface area contributed by atoms with E-state index in [4.69, 9.17) is 4.98 Å². The Hall–Kier alpha value is -2.86. The average molecular weight is 436 g/mol. The number of anilines is 3. The summed E-state index contributed by atoms with van der Waals surface area (Å²) in [6.45, 7) is 4.23. The molecule has 4 rings (SSSR count). The minimum atomic E-state index is 0.761. The van der Waals surface area contributed by atoms with Crippen LogP contribution in [0.2, 0.25) is 0 Å². The number of aromatic nitrogens is 3. The van der Waals surface area contributed by atoms with Crippen LogP contribution in [0, 0.1) is 13.8 Å². The second-order valence-electron chi connectivity index (χ2n) is 7.08. The molecule has 0 bridgehead atoms. The van der Waals surface area contributed by atoms with Crippen LogP contribution in [0.3, 0.4) is 0 Å². The number of fused-ring (bicyclic) bond motifs is 1. The third kappa shape index (κ3) is 3.36. The molecule has 4 aromatic rings. The molecule has 0 atom stereocenters. The van der Waals surface area contributed by atoms with Crippen molar-refractivity contribution in [1.82, 2.24) is 14.4 Å². The highest BCUT2D eigenvalue weighted by Crippen LogP contribution is 2.34. The maximum absolute atomic E-state index is 4.86. The van der Waals surface area contributed by atoms with Crippen LogP contribution in [0.1, 0.15) is 11.1 Å². The molecule has 142 valence electrons. The van der Waals surface area contributed by atoms with Crippen molar-refractivity contribution in [3.05, 3.63) is 70.6 Å². The number of aryl methyl sites for hydroxylation is 2. The van der Waals surface area contributed by atoms with E-state index in [1.54, 1.807) is 6.20 Å². The largest absolute Gasteiger partial charge is 0.378 e. The monoisotopic (exact) mass is 435 g/mol. The number of hydrogen-bond acceptors (Lipinski definition) is 4. The lowest BCUT2D eigenvalue weighted by atomic mass is 10.1.